The minimum atomic E-state index is -0.174. The number of anilines is 1. The second-order valence-corrected chi connectivity index (χ2v) is 5.66. The Bertz CT molecular complexity index is 452. The van der Waals surface area contributed by atoms with E-state index in [9.17, 15) is 4.39 Å². The molecule has 4 heteroatoms. The molecule has 1 aliphatic rings. The predicted octanol–water partition coefficient (Wildman–Crippen LogP) is 2.72. The van der Waals surface area contributed by atoms with Crippen molar-refractivity contribution in [1.82, 2.24) is 0 Å². The topological polar surface area (TPSA) is 38.5 Å². The first kappa shape index (κ1) is 15.3. The molecule has 3 unspecified atom stereocenters. The van der Waals surface area contributed by atoms with Gasteiger partial charge >= 0.3 is 0 Å². The minimum Gasteiger partial charge on any atom is -0.376 e. The fraction of sp³-hybridized carbons (Fsp3) is 0.625. The number of hydrogen-bond acceptors (Lipinski definition) is 3. The molecule has 1 aromatic rings. The second-order valence-electron chi connectivity index (χ2n) is 5.66. The van der Waals surface area contributed by atoms with Crippen LogP contribution in [-0.2, 0) is 11.2 Å². The van der Waals surface area contributed by atoms with Gasteiger partial charge in [-0.2, -0.15) is 0 Å². The zero-order chi connectivity index (χ0) is 14.7. The lowest BCUT2D eigenvalue weighted by Gasteiger charge is -2.31. The van der Waals surface area contributed by atoms with Crippen molar-refractivity contribution in [1.29, 1.82) is 0 Å². The molecule has 1 heterocycles. The molecule has 0 aromatic heterocycles. The maximum atomic E-state index is 14.3. The molecule has 0 radical (unpaired) electrons. The Kier molecular flexibility index (Phi) is 5.00. The van der Waals surface area contributed by atoms with Gasteiger partial charge in [-0.15, -0.1) is 0 Å². The van der Waals surface area contributed by atoms with E-state index in [-0.39, 0.29) is 24.0 Å². The number of nitrogens with zero attached hydrogens (tertiary/aromatic N) is 1. The van der Waals surface area contributed by atoms with E-state index in [0.29, 0.717) is 12.1 Å². The van der Waals surface area contributed by atoms with Gasteiger partial charge in [0.2, 0.25) is 0 Å². The lowest BCUT2D eigenvalue weighted by atomic mass is 10.00. The summed E-state index contributed by atoms with van der Waals surface area (Å²) in [7, 11) is 1.95. The molecule has 0 aliphatic carbocycles. The van der Waals surface area contributed by atoms with Gasteiger partial charge in [0, 0.05) is 19.7 Å². The summed E-state index contributed by atoms with van der Waals surface area (Å²) in [5.74, 6) is -0.174. The highest BCUT2D eigenvalue weighted by molar-refractivity contribution is 5.55. The molecular weight excluding hydrogens is 255 g/mol. The van der Waals surface area contributed by atoms with Gasteiger partial charge in [0.25, 0.3) is 0 Å². The van der Waals surface area contributed by atoms with Crippen molar-refractivity contribution in [2.24, 2.45) is 5.73 Å². The molecule has 3 nitrogen and oxygen atoms in total. The van der Waals surface area contributed by atoms with Crippen LogP contribution in [0.25, 0.3) is 0 Å². The number of para-hydroxylation sites is 1. The first-order valence-corrected chi connectivity index (χ1v) is 7.42. The quantitative estimate of drug-likeness (QED) is 0.901. The highest BCUT2D eigenvalue weighted by Gasteiger charge is 2.30. The average Bonchev–Trinajstić information content (AvgIpc) is 2.84. The van der Waals surface area contributed by atoms with E-state index < -0.39 is 0 Å². The van der Waals surface area contributed by atoms with Crippen molar-refractivity contribution in [2.75, 3.05) is 18.6 Å². The predicted molar refractivity (Wildman–Crippen MR) is 80.6 cm³/mol. The van der Waals surface area contributed by atoms with E-state index in [1.54, 1.807) is 6.07 Å². The summed E-state index contributed by atoms with van der Waals surface area (Å²) in [5, 5.41) is 0. The third-order valence-electron chi connectivity index (χ3n) is 4.26. The van der Waals surface area contributed by atoms with E-state index in [1.807, 2.05) is 24.9 Å². The molecule has 3 atom stereocenters. The highest BCUT2D eigenvalue weighted by atomic mass is 19.1. The second kappa shape index (κ2) is 6.55. The summed E-state index contributed by atoms with van der Waals surface area (Å²) < 4.78 is 19.9. The number of benzene rings is 1. The lowest BCUT2D eigenvalue weighted by molar-refractivity contribution is 0.118. The number of rotatable bonds is 5. The zero-order valence-electron chi connectivity index (χ0n) is 12.6. The van der Waals surface area contributed by atoms with E-state index >= 15 is 0 Å². The lowest BCUT2D eigenvalue weighted by Crippen LogP contribution is -2.38. The summed E-state index contributed by atoms with van der Waals surface area (Å²) in [5.41, 5.74) is 7.71. The van der Waals surface area contributed by atoms with Crippen LogP contribution < -0.4 is 10.6 Å². The van der Waals surface area contributed by atoms with E-state index in [0.717, 1.165) is 25.0 Å². The van der Waals surface area contributed by atoms with Crippen LogP contribution in [-0.4, -0.2) is 31.8 Å². The standard InChI is InChI=1S/C16H25FN2O/c1-4-13(18)10-12-6-5-7-14(17)16(12)19(3)15-8-9-20-11(15)2/h5-7,11,13,15H,4,8-10,18H2,1-3H3. The number of ether oxygens (including phenoxy) is 1. The Balaban J connectivity index is 2.29. The van der Waals surface area contributed by atoms with Crippen molar-refractivity contribution >= 4 is 5.69 Å². The van der Waals surface area contributed by atoms with Crippen LogP contribution in [0.5, 0.6) is 0 Å². The fourth-order valence-electron chi connectivity index (χ4n) is 2.94. The Labute approximate surface area is 120 Å². The van der Waals surface area contributed by atoms with Crippen molar-refractivity contribution in [3.8, 4) is 0 Å². The van der Waals surface area contributed by atoms with E-state index in [1.165, 1.54) is 6.07 Å². The van der Waals surface area contributed by atoms with Gasteiger partial charge in [-0.1, -0.05) is 19.1 Å². The van der Waals surface area contributed by atoms with Gasteiger partial charge in [0.05, 0.1) is 17.8 Å². The van der Waals surface area contributed by atoms with Crippen LogP contribution in [0.15, 0.2) is 18.2 Å². The largest absolute Gasteiger partial charge is 0.376 e. The van der Waals surface area contributed by atoms with Crippen molar-refractivity contribution < 1.29 is 9.13 Å². The molecule has 1 aromatic carbocycles. The zero-order valence-corrected chi connectivity index (χ0v) is 12.6. The van der Waals surface area contributed by atoms with Gasteiger partial charge < -0.3 is 15.4 Å². The average molecular weight is 280 g/mol. The van der Waals surface area contributed by atoms with Crippen LogP contribution in [0.4, 0.5) is 10.1 Å². The smallest absolute Gasteiger partial charge is 0.146 e. The summed E-state index contributed by atoms with van der Waals surface area (Å²) >= 11 is 0. The van der Waals surface area contributed by atoms with Gasteiger partial charge in [0.15, 0.2) is 0 Å². The molecule has 0 spiro atoms. The maximum Gasteiger partial charge on any atom is 0.146 e. The van der Waals surface area contributed by atoms with E-state index in [4.69, 9.17) is 10.5 Å². The SMILES string of the molecule is CCC(N)Cc1cccc(F)c1N(C)C1CCOC1C. The summed E-state index contributed by atoms with van der Waals surface area (Å²) in [4.78, 5) is 2.03. The molecular formula is C16H25FN2O. The molecule has 0 amide bonds. The Morgan fingerprint density at radius 2 is 2.25 bits per heavy atom. The third kappa shape index (κ3) is 3.13. The minimum absolute atomic E-state index is 0.0706. The summed E-state index contributed by atoms with van der Waals surface area (Å²) in [6.07, 6.45) is 2.66. The molecule has 20 heavy (non-hydrogen) atoms. The summed E-state index contributed by atoms with van der Waals surface area (Å²) in [6.45, 7) is 4.85. The van der Waals surface area contributed by atoms with Gasteiger partial charge in [0.1, 0.15) is 5.82 Å². The molecule has 2 N–H and O–H groups in total. The van der Waals surface area contributed by atoms with Crippen LogP contribution in [0, 0.1) is 5.82 Å². The van der Waals surface area contributed by atoms with Crippen molar-refractivity contribution in [3.63, 3.8) is 0 Å². The molecule has 0 bridgehead atoms. The van der Waals surface area contributed by atoms with Crippen LogP contribution >= 0.6 is 0 Å². The summed E-state index contributed by atoms with van der Waals surface area (Å²) in [6, 6.07) is 5.56. The maximum absolute atomic E-state index is 14.3. The molecule has 0 saturated carbocycles. The normalized spacial score (nSPS) is 23.9. The van der Waals surface area contributed by atoms with Gasteiger partial charge in [-0.3, -0.25) is 0 Å². The van der Waals surface area contributed by atoms with Crippen LogP contribution in [0.2, 0.25) is 0 Å². The number of hydrogen-bond donors (Lipinski definition) is 1. The molecule has 1 fully saturated rings. The molecule has 112 valence electrons. The Morgan fingerprint density at radius 1 is 1.50 bits per heavy atom. The first-order valence-electron chi connectivity index (χ1n) is 7.42. The Hall–Kier alpha value is -1.13. The van der Waals surface area contributed by atoms with Crippen LogP contribution in [0.3, 0.4) is 0 Å². The van der Waals surface area contributed by atoms with Crippen molar-refractivity contribution in [3.05, 3.63) is 29.6 Å². The molecule has 1 saturated heterocycles. The van der Waals surface area contributed by atoms with Gasteiger partial charge in [-0.25, -0.2) is 4.39 Å². The van der Waals surface area contributed by atoms with Crippen LogP contribution in [0.1, 0.15) is 32.3 Å². The van der Waals surface area contributed by atoms with Gasteiger partial charge in [-0.05, 0) is 37.8 Å². The number of likely N-dealkylation sites (N-methyl/N-ethyl adjacent to an activating group) is 1. The fourth-order valence-corrected chi connectivity index (χ4v) is 2.94. The molecule has 2 rings (SSSR count). The monoisotopic (exact) mass is 280 g/mol. The third-order valence-corrected chi connectivity index (χ3v) is 4.26. The Morgan fingerprint density at radius 3 is 2.85 bits per heavy atom. The van der Waals surface area contributed by atoms with Crippen molar-refractivity contribution in [2.45, 2.75) is 51.3 Å². The molecule has 1 aliphatic heterocycles. The highest BCUT2D eigenvalue weighted by Crippen LogP contribution is 2.30. The van der Waals surface area contributed by atoms with E-state index in [2.05, 4.69) is 6.92 Å². The number of halogens is 1. The number of nitrogens with two attached hydrogens (primary N) is 1. The first-order chi connectivity index (χ1) is 9.54.